The lowest BCUT2D eigenvalue weighted by Gasteiger charge is -2.01. The number of rotatable bonds is 3. The van der Waals surface area contributed by atoms with Crippen LogP contribution in [0.4, 0.5) is 10.1 Å². The van der Waals surface area contributed by atoms with E-state index in [1.54, 1.807) is 23.5 Å². The first-order valence-electron chi connectivity index (χ1n) is 6.26. The van der Waals surface area contributed by atoms with Crippen molar-refractivity contribution in [1.82, 2.24) is 4.98 Å². The Kier molecular flexibility index (Phi) is 3.48. The van der Waals surface area contributed by atoms with E-state index in [-0.39, 0.29) is 5.82 Å². The molecule has 0 radical (unpaired) electrons. The van der Waals surface area contributed by atoms with Gasteiger partial charge < -0.3 is 5.73 Å². The summed E-state index contributed by atoms with van der Waals surface area (Å²) in [7, 11) is 0. The van der Waals surface area contributed by atoms with Gasteiger partial charge in [-0.2, -0.15) is 0 Å². The highest BCUT2D eigenvalue weighted by Gasteiger charge is 2.08. The molecule has 3 rings (SSSR count). The average Bonchev–Trinajstić information content (AvgIpc) is 2.92. The van der Waals surface area contributed by atoms with Crippen LogP contribution in [0, 0.1) is 5.82 Å². The molecule has 3 aromatic rings. The lowest BCUT2D eigenvalue weighted by atomic mass is 10.1. The van der Waals surface area contributed by atoms with Gasteiger partial charge in [-0.15, -0.1) is 11.3 Å². The highest BCUT2D eigenvalue weighted by Crippen LogP contribution is 2.24. The van der Waals surface area contributed by atoms with Crippen LogP contribution in [0.3, 0.4) is 0 Å². The number of halogens is 1. The molecular formula is C16H13FN2S. The van der Waals surface area contributed by atoms with Gasteiger partial charge >= 0.3 is 0 Å². The van der Waals surface area contributed by atoms with E-state index in [2.05, 4.69) is 4.98 Å². The largest absolute Gasteiger partial charge is 0.399 e. The molecule has 0 atom stereocenters. The number of nitrogens with two attached hydrogens (primary N) is 1. The van der Waals surface area contributed by atoms with Gasteiger partial charge in [-0.25, -0.2) is 9.37 Å². The molecular weight excluding hydrogens is 271 g/mol. The Morgan fingerprint density at radius 2 is 1.90 bits per heavy atom. The molecule has 100 valence electrons. The van der Waals surface area contributed by atoms with Crippen molar-refractivity contribution >= 4 is 17.0 Å². The van der Waals surface area contributed by atoms with Crippen molar-refractivity contribution in [1.29, 1.82) is 0 Å². The van der Waals surface area contributed by atoms with Crippen molar-refractivity contribution < 1.29 is 4.39 Å². The SMILES string of the molecule is Nc1ccc(Cc2nc(-c3ccccc3)cs2)c(F)c1. The van der Waals surface area contributed by atoms with Gasteiger partial charge in [0.15, 0.2) is 0 Å². The van der Waals surface area contributed by atoms with Crippen LogP contribution >= 0.6 is 11.3 Å². The van der Waals surface area contributed by atoms with E-state index in [0.29, 0.717) is 17.7 Å². The second-order valence-corrected chi connectivity index (χ2v) is 5.46. The fraction of sp³-hybridized carbons (Fsp3) is 0.0625. The van der Waals surface area contributed by atoms with Crippen LogP contribution in [0.1, 0.15) is 10.6 Å². The van der Waals surface area contributed by atoms with Crippen molar-refractivity contribution in [3.05, 3.63) is 70.3 Å². The number of anilines is 1. The molecule has 0 spiro atoms. The Morgan fingerprint density at radius 1 is 1.10 bits per heavy atom. The molecule has 0 amide bonds. The average molecular weight is 284 g/mol. The fourth-order valence-corrected chi connectivity index (χ4v) is 2.83. The second kappa shape index (κ2) is 5.43. The van der Waals surface area contributed by atoms with E-state index in [0.717, 1.165) is 16.3 Å². The third-order valence-electron chi connectivity index (χ3n) is 3.04. The number of hydrogen-bond acceptors (Lipinski definition) is 3. The van der Waals surface area contributed by atoms with Crippen LogP contribution < -0.4 is 5.73 Å². The molecule has 0 bridgehead atoms. The topological polar surface area (TPSA) is 38.9 Å². The van der Waals surface area contributed by atoms with E-state index >= 15 is 0 Å². The van der Waals surface area contributed by atoms with E-state index in [4.69, 9.17) is 5.73 Å². The summed E-state index contributed by atoms with van der Waals surface area (Å²) in [5, 5.41) is 2.90. The zero-order valence-corrected chi connectivity index (χ0v) is 11.5. The third kappa shape index (κ3) is 2.70. The number of aromatic nitrogens is 1. The fourth-order valence-electron chi connectivity index (χ4n) is 2.00. The maximum Gasteiger partial charge on any atom is 0.128 e. The molecule has 1 aromatic heterocycles. The first kappa shape index (κ1) is 12.8. The van der Waals surface area contributed by atoms with Crippen LogP contribution in [-0.4, -0.2) is 4.98 Å². The highest BCUT2D eigenvalue weighted by molar-refractivity contribution is 7.10. The standard InChI is InChI=1S/C16H13FN2S/c17-14-9-13(18)7-6-12(14)8-16-19-15(10-20-16)11-4-2-1-3-5-11/h1-7,9-10H,8,18H2. The van der Waals surface area contributed by atoms with Gasteiger partial charge in [-0.3, -0.25) is 0 Å². The number of benzene rings is 2. The smallest absolute Gasteiger partial charge is 0.128 e. The van der Waals surface area contributed by atoms with Crippen LogP contribution in [0.5, 0.6) is 0 Å². The normalized spacial score (nSPS) is 10.7. The molecule has 2 N–H and O–H groups in total. The Hall–Kier alpha value is -2.20. The molecule has 4 heteroatoms. The molecule has 2 aromatic carbocycles. The predicted molar refractivity (Wildman–Crippen MR) is 81.2 cm³/mol. The maximum atomic E-state index is 13.8. The van der Waals surface area contributed by atoms with Crippen molar-refractivity contribution in [3.8, 4) is 11.3 Å². The number of thiazole rings is 1. The number of nitrogens with zero attached hydrogens (tertiary/aromatic N) is 1. The lowest BCUT2D eigenvalue weighted by molar-refractivity contribution is 0.614. The summed E-state index contributed by atoms with van der Waals surface area (Å²) in [6.45, 7) is 0. The Balaban J connectivity index is 1.84. The zero-order chi connectivity index (χ0) is 13.9. The third-order valence-corrected chi connectivity index (χ3v) is 3.89. The minimum absolute atomic E-state index is 0.276. The highest BCUT2D eigenvalue weighted by atomic mass is 32.1. The molecule has 20 heavy (non-hydrogen) atoms. The predicted octanol–water partition coefficient (Wildman–Crippen LogP) is 4.12. The van der Waals surface area contributed by atoms with Crippen LogP contribution in [0.2, 0.25) is 0 Å². The van der Waals surface area contributed by atoms with Gasteiger partial charge in [0.25, 0.3) is 0 Å². The molecule has 0 fully saturated rings. The summed E-state index contributed by atoms with van der Waals surface area (Å²) in [6.07, 6.45) is 0.490. The van der Waals surface area contributed by atoms with Crippen LogP contribution in [0.25, 0.3) is 11.3 Å². The van der Waals surface area contributed by atoms with Gasteiger partial charge in [0.2, 0.25) is 0 Å². The maximum absolute atomic E-state index is 13.8. The summed E-state index contributed by atoms with van der Waals surface area (Å²) in [6, 6.07) is 14.7. The number of hydrogen-bond donors (Lipinski definition) is 1. The Bertz CT molecular complexity index is 722. The molecule has 0 aliphatic rings. The van der Waals surface area contributed by atoms with Gasteiger partial charge in [-0.05, 0) is 17.7 Å². The second-order valence-electron chi connectivity index (χ2n) is 4.52. The first-order valence-corrected chi connectivity index (χ1v) is 7.14. The zero-order valence-electron chi connectivity index (χ0n) is 10.7. The molecule has 2 nitrogen and oxygen atoms in total. The summed E-state index contributed by atoms with van der Waals surface area (Å²) in [5.74, 6) is -0.276. The Labute approximate surface area is 120 Å². The molecule has 0 saturated heterocycles. The minimum atomic E-state index is -0.276. The van der Waals surface area contributed by atoms with E-state index in [9.17, 15) is 4.39 Å². The number of nitrogen functional groups attached to an aromatic ring is 1. The van der Waals surface area contributed by atoms with Crippen LogP contribution in [0.15, 0.2) is 53.9 Å². The van der Waals surface area contributed by atoms with Crippen molar-refractivity contribution in [2.45, 2.75) is 6.42 Å². The quantitative estimate of drug-likeness (QED) is 0.735. The summed E-state index contributed by atoms with van der Waals surface area (Å²) < 4.78 is 13.8. The van der Waals surface area contributed by atoms with E-state index in [1.807, 2.05) is 35.7 Å². The Morgan fingerprint density at radius 3 is 2.65 bits per heavy atom. The molecule has 0 aliphatic carbocycles. The first-order chi connectivity index (χ1) is 9.72. The van der Waals surface area contributed by atoms with E-state index < -0.39 is 0 Å². The molecule has 0 saturated carbocycles. The van der Waals surface area contributed by atoms with Gasteiger partial charge in [0.1, 0.15) is 5.82 Å². The van der Waals surface area contributed by atoms with Gasteiger partial charge in [0.05, 0.1) is 10.7 Å². The van der Waals surface area contributed by atoms with Crippen LogP contribution in [-0.2, 0) is 6.42 Å². The molecule has 0 unspecified atom stereocenters. The summed E-state index contributed by atoms with van der Waals surface area (Å²) in [4.78, 5) is 4.56. The van der Waals surface area contributed by atoms with Crippen molar-refractivity contribution in [2.24, 2.45) is 0 Å². The van der Waals surface area contributed by atoms with Crippen molar-refractivity contribution in [3.63, 3.8) is 0 Å². The lowest BCUT2D eigenvalue weighted by Crippen LogP contribution is -1.94. The minimum Gasteiger partial charge on any atom is -0.399 e. The van der Waals surface area contributed by atoms with Gasteiger partial charge in [0, 0.05) is 23.1 Å². The van der Waals surface area contributed by atoms with Crippen molar-refractivity contribution in [2.75, 3.05) is 5.73 Å². The molecule has 0 aliphatic heterocycles. The summed E-state index contributed by atoms with van der Waals surface area (Å²) >= 11 is 1.54. The van der Waals surface area contributed by atoms with E-state index in [1.165, 1.54) is 6.07 Å². The monoisotopic (exact) mass is 284 g/mol. The summed E-state index contributed by atoms with van der Waals surface area (Å²) in [5.41, 5.74) is 8.62. The molecule has 1 heterocycles. The van der Waals surface area contributed by atoms with Gasteiger partial charge in [-0.1, -0.05) is 36.4 Å².